The molecule has 1 aliphatic carbocycles. The van der Waals surface area contributed by atoms with Gasteiger partial charge in [0.25, 0.3) is 0 Å². The van der Waals surface area contributed by atoms with Crippen LogP contribution in [0.4, 0.5) is 4.79 Å². The third-order valence-electron chi connectivity index (χ3n) is 4.38. The van der Waals surface area contributed by atoms with E-state index < -0.39 is 22.6 Å². The van der Waals surface area contributed by atoms with Gasteiger partial charge in [0.15, 0.2) is 0 Å². The highest BCUT2D eigenvalue weighted by Gasteiger charge is 2.64. The van der Waals surface area contributed by atoms with Crippen LogP contribution in [0.3, 0.4) is 0 Å². The van der Waals surface area contributed by atoms with Gasteiger partial charge in [-0.25, -0.2) is 4.79 Å². The van der Waals surface area contributed by atoms with Gasteiger partial charge in [-0.05, 0) is 40.0 Å². The fourth-order valence-corrected chi connectivity index (χ4v) is 3.43. The fourth-order valence-electron chi connectivity index (χ4n) is 3.43. The molecule has 2 rings (SSSR count). The first-order valence-electron chi connectivity index (χ1n) is 6.97. The minimum atomic E-state index is -0.606. The summed E-state index contributed by atoms with van der Waals surface area (Å²) in [5, 5.41) is 0. The van der Waals surface area contributed by atoms with Crippen molar-refractivity contribution in [1.82, 2.24) is 4.90 Å². The molecule has 0 aromatic rings. The van der Waals surface area contributed by atoms with Crippen LogP contribution >= 0.6 is 0 Å². The average molecular weight is 284 g/mol. The lowest BCUT2D eigenvalue weighted by Gasteiger charge is -2.39. The first kappa shape index (κ1) is 15.1. The van der Waals surface area contributed by atoms with E-state index in [2.05, 4.69) is 0 Å². The average Bonchev–Trinajstić information content (AvgIpc) is 2.91. The van der Waals surface area contributed by atoms with Gasteiger partial charge in [0.05, 0.1) is 18.1 Å². The molecule has 2 fully saturated rings. The van der Waals surface area contributed by atoms with Crippen LogP contribution in [0, 0.1) is 5.41 Å². The molecule has 1 saturated heterocycles. The molecule has 2 N–H and O–H groups in total. The summed E-state index contributed by atoms with van der Waals surface area (Å²) in [6.45, 7) is 6.15. The number of likely N-dealkylation sites (tertiary alicyclic amines) is 1. The summed E-state index contributed by atoms with van der Waals surface area (Å²) in [5.74, 6) is -0.251. The molecule has 0 spiro atoms. The number of hydrogen-bond donors (Lipinski definition) is 1. The fraction of sp³-hybridized carbons (Fsp3) is 0.857. The van der Waals surface area contributed by atoms with E-state index in [0.717, 1.165) is 12.8 Å². The van der Waals surface area contributed by atoms with E-state index in [1.165, 1.54) is 7.11 Å². The van der Waals surface area contributed by atoms with Crippen LogP contribution < -0.4 is 5.73 Å². The van der Waals surface area contributed by atoms with E-state index in [0.29, 0.717) is 19.5 Å². The second-order valence-corrected chi connectivity index (χ2v) is 6.94. The lowest BCUT2D eigenvalue weighted by atomic mass is 9.87. The molecule has 1 saturated carbocycles. The maximum Gasteiger partial charge on any atom is 0.410 e. The molecule has 20 heavy (non-hydrogen) atoms. The maximum atomic E-state index is 12.4. The molecule has 2 bridgehead atoms. The Morgan fingerprint density at radius 1 is 1.30 bits per heavy atom. The largest absolute Gasteiger partial charge is 0.469 e. The summed E-state index contributed by atoms with van der Waals surface area (Å²) in [7, 11) is 1.38. The number of carbonyl (C=O) groups excluding carboxylic acids is 2. The number of nitrogens with two attached hydrogens (primary N) is 1. The molecule has 114 valence electrons. The van der Waals surface area contributed by atoms with E-state index >= 15 is 0 Å². The third kappa shape index (κ3) is 2.26. The van der Waals surface area contributed by atoms with E-state index in [1.54, 1.807) is 4.90 Å². The first-order chi connectivity index (χ1) is 9.18. The summed E-state index contributed by atoms with van der Waals surface area (Å²) in [4.78, 5) is 26.1. The topological polar surface area (TPSA) is 81.9 Å². The Morgan fingerprint density at radius 2 is 1.95 bits per heavy atom. The zero-order valence-electron chi connectivity index (χ0n) is 12.7. The van der Waals surface area contributed by atoms with Crippen LogP contribution in [0.5, 0.6) is 0 Å². The van der Waals surface area contributed by atoms with Crippen molar-refractivity contribution >= 4 is 12.1 Å². The molecule has 6 heteroatoms. The van der Waals surface area contributed by atoms with E-state index in [1.807, 2.05) is 20.8 Å². The van der Waals surface area contributed by atoms with Crippen LogP contribution in [0.2, 0.25) is 0 Å². The van der Waals surface area contributed by atoms with Crippen molar-refractivity contribution in [1.29, 1.82) is 0 Å². The third-order valence-corrected chi connectivity index (χ3v) is 4.38. The number of hydrogen-bond acceptors (Lipinski definition) is 5. The summed E-state index contributed by atoms with van der Waals surface area (Å²) in [6, 6.07) is 0. The van der Waals surface area contributed by atoms with Gasteiger partial charge in [0.1, 0.15) is 5.60 Å². The van der Waals surface area contributed by atoms with E-state index in [-0.39, 0.29) is 5.97 Å². The summed E-state index contributed by atoms with van der Waals surface area (Å²) >= 11 is 0. The second-order valence-electron chi connectivity index (χ2n) is 6.94. The zero-order valence-corrected chi connectivity index (χ0v) is 12.7. The number of nitrogens with zero attached hydrogens (tertiary/aromatic N) is 1. The maximum absolute atomic E-state index is 12.4. The van der Waals surface area contributed by atoms with Crippen molar-refractivity contribution in [2.24, 2.45) is 11.1 Å². The molecule has 2 atom stereocenters. The number of rotatable bonds is 2. The van der Waals surface area contributed by atoms with Gasteiger partial charge in [-0.1, -0.05) is 0 Å². The van der Waals surface area contributed by atoms with Crippen molar-refractivity contribution in [2.45, 2.75) is 51.2 Å². The van der Waals surface area contributed by atoms with Gasteiger partial charge in [0.2, 0.25) is 0 Å². The molecule has 1 aliphatic heterocycles. The van der Waals surface area contributed by atoms with Crippen LogP contribution in [-0.2, 0) is 14.3 Å². The number of fused-ring (bicyclic) bond motifs is 2. The van der Waals surface area contributed by atoms with Crippen LogP contribution in [0.25, 0.3) is 0 Å². The molecule has 0 aromatic heterocycles. The number of piperidine rings is 1. The second kappa shape index (κ2) is 4.62. The van der Waals surface area contributed by atoms with Gasteiger partial charge < -0.3 is 20.1 Å². The smallest absolute Gasteiger partial charge is 0.410 e. The predicted molar refractivity (Wildman–Crippen MR) is 73.0 cm³/mol. The van der Waals surface area contributed by atoms with Gasteiger partial charge in [0, 0.05) is 13.1 Å². The lowest BCUT2D eigenvalue weighted by Crippen LogP contribution is -2.54. The standard InChI is InChI=1S/C14H24N2O4/c1-12(2,3)20-11(18)16-9-13(10(17)19-4)5-6-14(16,7-13)8-15/h5-9,15H2,1-4H3. The molecule has 2 unspecified atom stereocenters. The van der Waals surface area contributed by atoms with Crippen molar-refractivity contribution in [2.75, 3.05) is 20.2 Å². The Bertz CT molecular complexity index is 431. The summed E-state index contributed by atoms with van der Waals surface area (Å²) < 4.78 is 10.4. The van der Waals surface area contributed by atoms with Gasteiger partial charge in [-0.3, -0.25) is 4.79 Å². The van der Waals surface area contributed by atoms with E-state index in [4.69, 9.17) is 15.2 Å². The Balaban J connectivity index is 2.23. The molecule has 6 nitrogen and oxygen atoms in total. The molecule has 0 aromatic carbocycles. The highest BCUT2D eigenvalue weighted by molar-refractivity contribution is 5.81. The Labute approximate surface area is 119 Å². The van der Waals surface area contributed by atoms with Crippen LogP contribution in [0.15, 0.2) is 0 Å². The number of carbonyl (C=O) groups is 2. The minimum absolute atomic E-state index is 0.251. The number of ether oxygens (including phenoxy) is 2. The van der Waals surface area contributed by atoms with Crippen molar-refractivity contribution < 1.29 is 19.1 Å². The highest BCUT2D eigenvalue weighted by Crippen LogP contribution is 2.54. The monoisotopic (exact) mass is 284 g/mol. The lowest BCUT2D eigenvalue weighted by molar-refractivity contribution is -0.152. The summed E-state index contributed by atoms with van der Waals surface area (Å²) in [6.07, 6.45) is 1.62. The van der Waals surface area contributed by atoms with Gasteiger partial charge >= 0.3 is 12.1 Å². The molecular formula is C14H24N2O4. The van der Waals surface area contributed by atoms with Crippen molar-refractivity contribution in [3.8, 4) is 0 Å². The first-order valence-corrected chi connectivity index (χ1v) is 6.97. The van der Waals surface area contributed by atoms with Gasteiger partial charge in [-0.15, -0.1) is 0 Å². The van der Waals surface area contributed by atoms with Gasteiger partial charge in [-0.2, -0.15) is 0 Å². The SMILES string of the molecule is COC(=O)C12CCC(CN)(C1)N(C(=O)OC(C)(C)C)C2. The predicted octanol–water partition coefficient (Wildman–Crippen LogP) is 1.28. The van der Waals surface area contributed by atoms with Crippen LogP contribution in [-0.4, -0.2) is 48.3 Å². The number of amides is 1. The number of methoxy groups -OCH3 is 1. The Morgan fingerprint density at radius 3 is 2.45 bits per heavy atom. The molecule has 0 radical (unpaired) electrons. The quantitative estimate of drug-likeness (QED) is 0.772. The van der Waals surface area contributed by atoms with Crippen LogP contribution in [0.1, 0.15) is 40.0 Å². The highest BCUT2D eigenvalue weighted by atomic mass is 16.6. The molecule has 1 amide bonds. The van der Waals surface area contributed by atoms with Crippen molar-refractivity contribution in [3.63, 3.8) is 0 Å². The van der Waals surface area contributed by atoms with E-state index in [9.17, 15) is 9.59 Å². The zero-order chi connectivity index (χ0) is 15.2. The Kier molecular flexibility index (Phi) is 3.48. The molecule has 1 heterocycles. The Hall–Kier alpha value is -1.30. The molecule has 2 aliphatic rings. The summed E-state index contributed by atoms with van der Waals surface area (Å²) in [5.41, 5.74) is 4.27. The minimum Gasteiger partial charge on any atom is -0.469 e. The number of esters is 1. The normalized spacial score (nSPS) is 32.4. The molecular weight excluding hydrogens is 260 g/mol. The van der Waals surface area contributed by atoms with Crippen molar-refractivity contribution in [3.05, 3.63) is 0 Å².